The lowest BCUT2D eigenvalue weighted by atomic mass is 9.71. The topological polar surface area (TPSA) is 24.3 Å². The van der Waals surface area contributed by atoms with Gasteiger partial charge in [0.05, 0.1) is 28.1 Å². The summed E-state index contributed by atoms with van der Waals surface area (Å²) in [5, 5.41) is 2.43. The lowest BCUT2D eigenvalue weighted by Gasteiger charge is -2.32. The molecule has 0 bridgehead atoms. The summed E-state index contributed by atoms with van der Waals surface area (Å²) in [6.45, 7) is 9.99. The van der Waals surface area contributed by atoms with Crippen LogP contribution in [0.2, 0.25) is 0 Å². The number of aromatic nitrogens is 2. The van der Waals surface area contributed by atoms with Gasteiger partial charge in [-0.15, -0.1) is 0 Å². The number of benzene rings is 9. The molecule has 0 fully saturated rings. The Hall–Kier alpha value is -8.47. The van der Waals surface area contributed by atoms with E-state index >= 15 is 0 Å². The molecular weight excluding hydrogens is 861 g/mol. The first kappa shape index (κ1) is 43.8. The van der Waals surface area contributed by atoms with Gasteiger partial charge in [0.25, 0.3) is 0 Å². The molecule has 4 nitrogen and oxygen atoms in total. The molecule has 11 aromatic rings. The van der Waals surface area contributed by atoms with E-state index in [1.807, 2.05) is 6.20 Å². The summed E-state index contributed by atoms with van der Waals surface area (Å²) in [5.74, 6) is 0.905. The highest BCUT2D eigenvalue weighted by Gasteiger charge is 2.34. The Kier molecular flexibility index (Phi) is 11.0. The zero-order valence-electron chi connectivity index (χ0n) is 40.8. The smallest absolute Gasteiger partial charge is 0.137 e. The van der Waals surface area contributed by atoms with E-state index in [1.54, 1.807) is 0 Å². The van der Waals surface area contributed by atoms with Gasteiger partial charge in [0.15, 0.2) is 0 Å². The normalized spacial score (nSPS) is 12.7. The summed E-state index contributed by atoms with van der Waals surface area (Å²) in [6, 6.07) is 86.6. The van der Waals surface area contributed by atoms with Crippen LogP contribution in [0.15, 0.2) is 243 Å². The van der Waals surface area contributed by atoms with Crippen LogP contribution in [0, 0.1) is 0 Å². The molecule has 1 aliphatic heterocycles. The minimum Gasteiger partial charge on any atom is -0.321 e. The van der Waals surface area contributed by atoms with Crippen LogP contribution >= 0.6 is 0 Å². The maximum atomic E-state index is 5.14. The zero-order valence-corrected chi connectivity index (χ0v) is 40.8. The Labute approximate surface area is 417 Å². The quantitative estimate of drug-likeness (QED) is 0.137. The predicted octanol–water partition coefficient (Wildman–Crippen LogP) is 17.0. The first-order chi connectivity index (χ1) is 34.7. The van der Waals surface area contributed by atoms with Crippen molar-refractivity contribution in [2.24, 2.45) is 0 Å². The lowest BCUT2D eigenvalue weighted by molar-refractivity contribution is 0.589. The fourth-order valence-corrected chi connectivity index (χ4v) is 11.0. The Morgan fingerprint density at radius 1 is 0.423 bits per heavy atom. The highest BCUT2D eigenvalue weighted by atomic mass is 15.4. The summed E-state index contributed by atoms with van der Waals surface area (Å²) < 4.78 is 2.37. The van der Waals surface area contributed by atoms with Crippen LogP contribution in [0.5, 0.6) is 0 Å². The average molecular weight is 917 g/mol. The molecule has 3 heterocycles. The minimum absolute atomic E-state index is 0.0782. The van der Waals surface area contributed by atoms with Gasteiger partial charge < -0.3 is 9.80 Å². The van der Waals surface area contributed by atoms with E-state index in [0.29, 0.717) is 6.67 Å². The first-order valence-electron chi connectivity index (χ1n) is 24.8. The summed E-state index contributed by atoms with van der Waals surface area (Å²) in [4.78, 5) is 10.2. The maximum Gasteiger partial charge on any atom is 0.137 e. The largest absolute Gasteiger partial charge is 0.321 e. The molecule has 9 aromatic carbocycles. The minimum atomic E-state index is -0.401. The molecule has 0 radical (unpaired) electrons. The molecule has 71 heavy (non-hydrogen) atoms. The molecule has 0 saturated heterocycles. The van der Waals surface area contributed by atoms with Crippen LogP contribution in [-0.4, -0.2) is 16.2 Å². The van der Waals surface area contributed by atoms with Crippen LogP contribution < -0.4 is 9.80 Å². The number of hydrogen-bond acceptors (Lipinski definition) is 3. The van der Waals surface area contributed by atoms with Crippen LogP contribution in [-0.2, 0) is 17.3 Å². The summed E-state index contributed by atoms with van der Waals surface area (Å²) >= 11 is 0. The van der Waals surface area contributed by atoms with Gasteiger partial charge in [-0.25, -0.2) is 4.98 Å². The molecule has 0 spiro atoms. The molecule has 0 atom stereocenters. The number of hydrogen-bond donors (Lipinski definition) is 0. The van der Waals surface area contributed by atoms with Crippen molar-refractivity contribution in [1.82, 2.24) is 9.55 Å². The average Bonchev–Trinajstić information content (AvgIpc) is 3.97. The second-order valence-corrected chi connectivity index (χ2v) is 20.2. The lowest BCUT2D eigenvalue weighted by Crippen LogP contribution is -2.25. The Morgan fingerprint density at radius 3 is 1.62 bits per heavy atom. The van der Waals surface area contributed by atoms with Gasteiger partial charge in [-0.3, -0.25) is 4.57 Å². The summed E-state index contributed by atoms with van der Waals surface area (Å²) in [5.41, 5.74) is 18.9. The number of pyridine rings is 1. The van der Waals surface area contributed by atoms with Gasteiger partial charge in [-0.1, -0.05) is 209 Å². The van der Waals surface area contributed by atoms with E-state index in [2.05, 4.69) is 279 Å². The third-order valence-corrected chi connectivity index (χ3v) is 14.8. The standard InChI is InChI=1S/C67H56N4/c1-66(2,3)54-41-48(42-55(44-54)69-46-70(62-35-20-19-34-61(62)69)65-56(49-22-9-5-10-23-49)31-21-32-57(65)50-24-11-6-12-25-50)40-47-36-37-59-58-30-17-18-33-60(58)71(63(59)43-47)64-45-53(38-39-68-64)67(4,51-26-13-7-14-27-51)52-28-15-8-16-29-52/h5-39,41-45H,40,46H2,1-4H3. The van der Waals surface area contributed by atoms with Crippen molar-refractivity contribution >= 4 is 44.6 Å². The van der Waals surface area contributed by atoms with Crippen molar-refractivity contribution in [2.45, 2.75) is 44.9 Å². The highest BCUT2D eigenvalue weighted by molar-refractivity contribution is 6.09. The monoisotopic (exact) mass is 916 g/mol. The van der Waals surface area contributed by atoms with Gasteiger partial charge in [0.2, 0.25) is 0 Å². The predicted molar refractivity (Wildman–Crippen MR) is 298 cm³/mol. The van der Waals surface area contributed by atoms with Crippen molar-refractivity contribution in [3.8, 4) is 28.1 Å². The van der Waals surface area contributed by atoms with E-state index in [1.165, 1.54) is 89.2 Å². The van der Waals surface area contributed by atoms with Crippen molar-refractivity contribution in [2.75, 3.05) is 16.5 Å². The number of anilines is 4. The van der Waals surface area contributed by atoms with E-state index in [9.17, 15) is 0 Å². The summed E-state index contributed by atoms with van der Waals surface area (Å²) in [7, 11) is 0. The number of para-hydroxylation sites is 4. The molecule has 12 rings (SSSR count). The summed E-state index contributed by atoms with van der Waals surface area (Å²) in [6.07, 6.45) is 2.76. The van der Waals surface area contributed by atoms with E-state index in [-0.39, 0.29) is 5.41 Å². The molecule has 4 heteroatoms. The van der Waals surface area contributed by atoms with Crippen LogP contribution in [0.4, 0.5) is 22.7 Å². The fourth-order valence-electron chi connectivity index (χ4n) is 11.0. The van der Waals surface area contributed by atoms with Crippen molar-refractivity contribution in [3.05, 3.63) is 276 Å². The molecule has 0 amide bonds. The Morgan fingerprint density at radius 2 is 0.986 bits per heavy atom. The second-order valence-electron chi connectivity index (χ2n) is 20.2. The first-order valence-corrected chi connectivity index (χ1v) is 24.8. The molecule has 0 unspecified atom stereocenters. The zero-order chi connectivity index (χ0) is 48.1. The van der Waals surface area contributed by atoms with Gasteiger partial charge in [0.1, 0.15) is 12.5 Å². The molecule has 1 aliphatic rings. The molecule has 0 saturated carbocycles. The molecule has 0 N–H and O–H groups in total. The molecule has 0 aliphatic carbocycles. The number of nitrogens with zero attached hydrogens (tertiary/aromatic N) is 4. The van der Waals surface area contributed by atoms with Crippen molar-refractivity contribution < 1.29 is 0 Å². The third-order valence-electron chi connectivity index (χ3n) is 14.8. The van der Waals surface area contributed by atoms with Crippen molar-refractivity contribution in [1.29, 1.82) is 0 Å². The van der Waals surface area contributed by atoms with Gasteiger partial charge >= 0.3 is 0 Å². The van der Waals surface area contributed by atoms with Gasteiger partial charge in [0, 0.05) is 39.2 Å². The second kappa shape index (κ2) is 17.8. The maximum absolute atomic E-state index is 5.14. The van der Waals surface area contributed by atoms with E-state index < -0.39 is 5.41 Å². The highest BCUT2D eigenvalue weighted by Crippen LogP contribution is 2.51. The Balaban J connectivity index is 0.960. The molecule has 2 aromatic heterocycles. The fraction of sp³-hybridized carbons (Fsp3) is 0.119. The van der Waals surface area contributed by atoms with Gasteiger partial charge in [-0.2, -0.15) is 0 Å². The number of rotatable bonds is 10. The van der Waals surface area contributed by atoms with E-state index in [0.717, 1.165) is 23.3 Å². The molecular formula is C67H56N4. The van der Waals surface area contributed by atoms with E-state index in [4.69, 9.17) is 4.98 Å². The number of fused-ring (bicyclic) bond motifs is 4. The van der Waals surface area contributed by atoms with Crippen molar-refractivity contribution in [3.63, 3.8) is 0 Å². The van der Waals surface area contributed by atoms with Crippen LogP contribution in [0.1, 0.15) is 61.1 Å². The third kappa shape index (κ3) is 7.86. The van der Waals surface area contributed by atoms with Gasteiger partial charge in [-0.05, 0) is 112 Å². The van der Waals surface area contributed by atoms with Crippen LogP contribution in [0.3, 0.4) is 0 Å². The Bertz CT molecular complexity index is 3600. The SMILES string of the molecule is CC(C)(C)c1cc(Cc2ccc3c4ccccc4n(-c4cc(C(C)(c5ccccc5)c5ccccc5)ccn4)c3c2)cc(N2CN(c3c(-c4ccccc4)cccc3-c3ccccc3)c3ccccc32)c1. The van der Waals surface area contributed by atoms with Crippen LogP contribution in [0.25, 0.3) is 49.9 Å². The molecule has 344 valence electrons.